The van der Waals surface area contributed by atoms with Gasteiger partial charge in [-0.3, -0.25) is 0 Å². The van der Waals surface area contributed by atoms with Crippen molar-refractivity contribution in [3.63, 3.8) is 0 Å². The number of nitriles is 1. The van der Waals surface area contributed by atoms with Gasteiger partial charge < -0.3 is 4.74 Å². The normalized spacial score (nSPS) is 10.6. The van der Waals surface area contributed by atoms with Crippen LogP contribution in [-0.4, -0.2) is 13.1 Å². The molecule has 0 unspecified atom stereocenters. The quantitative estimate of drug-likeness (QED) is 0.364. The van der Waals surface area contributed by atoms with Crippen LogP contribution in [0.2, 0.25) is 0 Å². The topological polar surface area (TPSA) is 50.1 Å². The first kappa shape index (κ1) is 11.7. The number of rotatable bonds is 2. The first-order valence-electron chi connectivity index (χ1n) is 4.13. The Hall–Kier alpha value is -1.35. The van der Waals surface area contributed by atoms with Crippen molar-refractivity contribution in [2.75, 3.05) is 7.11 Å². The lowest BCUT2D eigenvalue weighted by molar-refractivity contribution is -0.135. The Morgan fingerprint density at radius 3 is 2.73 bits per heavy atom. The van der Waals surface area contributed by atoms with Crippen molar-refractivity contribution in [3.8, 4) is 6.07 Å². The summed E-state index contributed by atoms with van der Waals surface area (Å²) in [7, 11) is 1.25. The molecular formula is C11H8INO2. The number of halogens is 1. The lowest BCUT2D eigenvalue weighted by atomic mass is 10.1. The van der Waals surface area contributed by atoms with E-state index in [-0.39, 0.29) is 5.57 Å². The van der Waals surface area contributed by atoms with Gasteiger partial charge in [0.15, 0.2) is 0 Å². The Kier molecular flexibility index (Phi) is 4.31. The zero-order valence-corrected chi connectivity index (χ0v) is 10.2. The summed E-state index contributed by atoms with van der Waals surface area (Å²) in [6.45, 7) is 0. The van der Waals surface area contributed by atoms with E-state index in [9.17, 15) is 4.79 Å². The number of nitrogens with zero attached hydrogens (tertiary/aromatic N) is 1. The maximum atomic E-state index is 11.1. The predicted molar refractivity (Wildman–Crippen MR) is 64.8 cm³/mol. The molecule has 0 aliphatic heterocycles. The molecule has 0 saturated carbocycles. The van der Waals surface area contributed by atoms with Gasteiger partial charge in [0.05, 0.1) is 7.11 Å². The summed E-state index contributed by atoms with van der Waals surface area (Å²) in [5.74, 6) is -0.614. The summed E-state index contributed by atoms with van der Waals surface area (Å²) < 4.78 is 5.46. The molecule has 0 aliphatic carbocycles. The minimum Gasteiger partial charge on any atom is -0.465 e. The second-order valence-electron chi connectivity index (χ2n) is 2.68. The van der Waals surface area contributed by atoms with Gasteiger partial charge in [-0.1, -0.05) is 18.2 Å². The van der Waals surface area contributed by atoms with Crippen molar-refractivity contribution < 1.29 is 9.53 Å². The molecule has 0 fully saturated rings. The van der Waals surface area contributed by atoms with Gasteiger partial charge in [0, 0.05) is 3.57 Å². The van der Waals surface area contributed by atoms with Crippen LogP contribution in [0.3, 0.4) is 0 Å². The van der Waals surface area contributed by atoms with Crippen LogP contribution in [0.15, 0.2) is 29.8 Å². The summed E-state index contributed by atoms with van der Waals surface area (Å²) in [6, 6.07) is 9.29. The fourth-order valence-electron chi connectivity index (χ4n) is 0.994. The first-order valence-corrected chi connectivity index (χ1v) is 5.21. The Labute approximate surface area is 101 Å². The Balaban J connectivity index is 3.11. The average Bonchev–Trinajstić information content (AvgIpc) is 2.27. The summed E-state index contributed by atoms with van der Waals surface area (Å²) >= 11 is 2.14. The molecule has 76 valence electrons. The van der Waals surface area contributed by atoms with E-state index in [1.807, 2.05) is 30.3 Å². The molecule has 15 heavy (non-hydrogen) atoms. The van der Waals surface area contributed by atoms with Gasteiger partial charge in [-0.2, -0.15) is 5.26 Å². The summed E-state index contributed by atoms with van der Waals surface area (Å²) in [5, 5.41) is 8.76. The highest BCUT2D eigenvalue weighted by Crippen LogP contribution is 2.15. The SMILES string of the molecule is COC(=O)C(C#N)=Cc1ccccc1I. The molecular weight excluding hydrogens is 305 g/mol. The average molecular weight is 313 g/mol. The van der Waals surface area contributed by atoms with Gasteiger partial charge in [0.25, 0.3) is 0 Å². The standard InChI is InChI=1S/C11H8INO2/c1-15-11(14)9(7-13)6-8-4-2-3-5-10(8)12/h2-6H,1H3. The van der Waals surface area contributed by atoms with Gasteiger partial charge in [0.1, 0.15) is 11.6 Å². The monoisotopic (exact) mass is 313 g/mol. The number of ether oxygens (including phenoxy) is 1. The zero-order valence-electron chi connectivity index (χ0n) is 8.03. The van der Waals surface area contributed by atoms with Crippen molar-refractivity contribution in [1.29, 1.82) is 5.26 Å². The van der Waals surface area contributed by atoms with E-state index in [1.54, 1.807) is 0 Å². The van der Waals surface area contributed by atoms with Crippen LogP contribution in [-0.2, 0) is 9.53 Å². The van der Waals surface area contributed by atoms with E-state index in [0.717, 1.165) is 9.13 Å². The molecule has 0 saturated heterocycles. The minimum absolute atomic E-state index is 0.00150. The minimum atomic E-state index is -0.614. The Bertz CT molecular complexity index is 446. The third-order valence-corrected chi connectivity index (χ3v) is 2.71. The van der Waals surface area contributed by atoms with Gasteiger partial charge >= 0.3 is 5.97 Å². The predicted octanol–water partition coefficient (Wildman–Crippen LogP) is 2.37. The molecule has 0 N–H and O–H groups in total. The number of methoxy groups -OCH3 is 1. The molecule has 0 heterocycles. The van der Waals surface area contributed by atoms with Crippen molar-refractivity contribution in [1.82, 2.24) is 0 Å². The highest BCUT2D eigenvalue weighted by Gasteiger charge is 2.08. The maximum Gasteiger partial charge on any atom is 0.348 e. The van der Waals surface area contributed by atoms with Crippen LogP contribution in [0.1, 0.15) is 5.56 Å². The third kappa shape index (κ3) is 3.06. The maximum absolute atomic E-state index is 11.1. The summed E-state index contributed by atoms with van der Waals surface area (Å²) in [4.78, 5) is 11.1. The molecule has 0 aromatic heterocycles. The molecule has 0 atom stereocenters. The van der Waals surface area contributed by atoms with Crippen LogP contribution < -0.4 is 0 Å². The van der Waals surface area contributed by atoms with Crippen LogP contribution >= 0.6 is 22.6 Å². The first-order chi connectivity index (χ1) is 7.19. The number of benzene rings is 1. The molecule has 1 aromatic carbocycles. The lowest BCUT2D eigenvalue weighted by Crippen LogP contribution is -2.02. The molecule has 1 aromatic rings. The van der Waals surface area contributed by atoms with Gasteiger partial charge in [-0.05, 0) is 40.3 Å². The van der Waals surface area contributed by atoms with Crippen molar-refractivity contribution >= 4 is 34.6 Å². The van der Waals surface area contributed by atoms with E-state index < -0.39 is 5.97 Å². The van der Waals surface area contributed by atoms with Crippen molar-refractivity contribution in [2.45, 2.75) is 0 Å². The molecule has 0 aliphatic rings. The fraction of sp³-hybridized carbons (Fsp3) is 0.0909. The van der Waals surface area contributed by atoms with E-state index >= 15 is 0 Å². The lowest BCUT2D eigenvalue weighted by Gasteiger charge is -1.99. The molecule has 1 rings (SSSR count). The van der Waals surface area contributed by atoms with Crippen LogP contribution in [0.25, 0.3) is 6.08 Å². The third-order valence-electron chi connectivity index (χ3n) is 1.73. The Morgan fingerprint density at radius 1 is 1.53 bits per heavy atom. The number of hydrogen-bond donors (Lipinski definition) is 0. The molecule has 3 nitrogen and oxygen atoms in total. The second-order valence-corrected chi connectivity index (χ2v) is 3.85. The van der Waals surface area contributed by atoms with Crippen molar-refractivity contribution in [2.24, 2.45) is 0 Å². The van der Waals surface area contributed by atoms with Crippen LogP contribution in [0.5, 0.6) is 0 Å². The zero-order chi connectivity index (χ0) is 11.3. The fourth-order valence-corrected chi connectivity index (χ4v) is 1.54. The molecule has 4 heteroatoms. The van der Waals surface area contributed by atoms with Crippen LogP contribution in [0.4, 0.5) is 0 Å². The largest absolute Gasteiger partial charge is 0.465 e. The second kappa shape index (κ2) is 5.51. The number of esters is 1. The van der Waals surface area contributed by atoms with Gasteiger partial charge in [-0.25, -0.2) is 4.79 Å². The Morgan fingerprint density at radius 2 is 2.20 bits per heavy atom. The summed E-state index contributed by atoms with van der Waals surface area (Å²) in [5.41, 5.74) is 0.835. The molecule has 0 bridgehead atoms. The number of carbonyl (C=O) groups is 1. The van der Waals surface area contributed by atoms with E-state index in [0.29, 0.717) is 0 Å². The van der Waals surface area contributed by atoms with Gasteiger partial charge in [0.2, 0.25) is 0 Å². The number of hydrogen-bond acceptors (Lipinski definition) is 3. The summed E-state index contributed by atoms with van der Waals surface area (Å²) in [6.07, 6.45) is 1.52. The molecule has 0 amide bonds. The van der Waals surface area contributed by atoms with Gasteiger partial charge in [-0.15, -0.1) is 0 Å². The molecule has 0 radical (unpaired) electrons. The molecule has 0 spiro atoms. The number of carbonyl (C=O) groups excluding carboxylic acids is 1. The van der Waals surface area contributed by atoms with Crippen molar-refractivity contribution in [3.05, 3.63) is 39.0 Å². The smallest absolute Gasteiger partial charge is 0.348 e. The van der Waals surface area contributed by atoms with E-state index in [1.165, 1.54) is 13.2 Å². The van der Waals surface area contributed by atoms with Crippen LogP contribution in [0, 0.1) is 14.9 Å². The van der Waals surface area contributed by atoms with E-state index in [4.69, 9.17) is 5.26 Å². The highest BCUT2D eigenvalue weighted by molar-refractivity contribution is 14.1. The van der Waals surface area contributed by atoms with E-state index in [2.05, 4.69) is 27.3 Å². The highest BCUT2D eigenvalue weighted by atomic mass is 127.